The topological polar surface area (TPSA) is 87.9 Å². The first kappa shape index (κ1) is 27.6. The van der Waals surface area contributed by atoms with Gasteiger partial charge in [0.2, 0.25) is 0 Å². The molecule has 0 radical (unpaired) electrons. The average Bonchev–Trinajstić information content (AvgIpc) is 3.23. The molecule has 1 aliphatic heterocycles. The van der Waals surface area contributed by atoms with Gasteiger partial charge in [0.25, 0.3) is 0 Å². The van der Waals surface area contributed by atoms with Crippen LogP contribution in [-0.2, 0) is 18.4 Å². The van der Waals surface area contributed by atoms with Gasteiger partial charge in [0.1, 0.15) is 23.1 Å². The SMILES string of the molecule is CN(CC1CCN(C(=O)OCc2ccccc2)CC1)c1c(Cl)c(C(=O)CC2C3CC4CC2CC(O)(C4)C3)nn1C. The van der Waals surface area contributed by atoms with E-state index in [0.717, 1.165) is 62.9 Å². The Hall–Kier alpha value is -2.58. The number of nitrogens with zero attached hydrogens (tertiary/aromatic N) is 4. The molecule has 2 aromatic rings. The zero-order valence-electron chi connectivity index (χ0n) is 23.6. The number of halogens is 1. The van der Waals surface area contributed by atoms with Gasteiger partial charge in [-0.3, -0.25) is 9.48 Å². The van der Waals surface area contributed by atoms with E-state index in [-0.39, 0.29) is 18.5 Å². The van der Waals surface area contributed by atoms with Crippen LogP contribution >= 0.6 is 11.6 Å². The third kappa shape index (κ3) is 5.49. The summed E-state index contributed by atoms with van der Waals surface area (Å²) >= 11 is 6.82. The number of carbonyl (C=O) groups excluding carboxylic acids is 2. The van der Waals surface area contributed by atoms with Crippen molar-refractivity contribution < 1.29 is 19.4 Å². The molecule has 7 rings (SSSR count). The molecule has 4 bridgehead atoms. The van der Waals surface area contributed by atoms with Crippen molar-refractivity contribution in [2.24, 2.45) is 36.6 Å². The Balaban J connectivity index is 1.02. The maximum atomic E-state index is 13.5. The lowest BCUT2D eigenvalue weighted by atomic mass is 9.49. The molecule has 216 valence electrons. The molecule has 1 amide bonds. The van der Waals surface area contributed by atoms with Gasteiger partial charge in [-0.1, -0.05) is 41.9 Å². The van der Waals surface area contributed by atoms with Gasteiger partial charge in [-0.15, -0.1) is 0 Å². The summed E-state index contributed by atoms with van der Waals surface area (Å²) < 4.78 is 7.23. The Kier molecular flexibility index (Phi) is 7.59. The van der Waals surface area contributed by atoms with E-state index in [1.807, 2.05) is 44.4 Å². The first-order valence-electron chi connectivity index (χ1n) is 14.8. The van der Waals surface area contributed by atoms with E-state index in [1.165, 1.54) is 0 Å². The average molecular weight is 569 g/mol. The first-order valence-corrected chi connectivity index (χ1v) is 15.2. The Labute approximate surface area is 241 Å². The number of Topliss-reactive ketones (excluding diaryl/α,β-unsaturated/α-hetero) is 1. The highest BCUT2D eigenvalue weighted by molar-refractivity contribution is 6.36. The number of carbonyl (C=O) groups is 2. The number of amides is 1. The molecular formula is C31H41ClN4O4. The van der Waals surface area contributed by atoms with Gasteiger partial charge in [-0.25, -0.2) is 4.79 Å². The molecule has 4 saturated carbocycles. The summed E-state index contributed by atoms with van der Waals surface area (Å²) in [5, 5.41) is 15.9. The predicted octanol–water partition coefficient (Wildman–Crippen LogP) is 5.32. The summed E-state index contributed by atoms with van der Waals surface area (Å²) in [5.74, 6) is 3.00. The molecule has 8 nitrogen and oxygen atoms in total. The molecule has 2 unspecified atom stereocenters. The summed E-state index contributed by atoms with van der Waals surface area (Å²) in [4.78, 5) is 29.9. The fourth-order valence-corrected chi connectivity index (χ4v) is 8.80. The number of aryl methyl sites for hydroxylation is 1. The van der Waals surface area contributed by atoms with Crippen LogP contribution in [0.3, 0.4) is 0 Å². The van der Waals surface area contributed by atoms with Crippen LogP contribution in [0.5, 0.6) is 0 Å². The van der Waals surface area contributed by atoms with Crippen LogP contribution in [0, 0.1) is 29.6 Å². The molecule has 1 saturated heterocycles. The second-order valence-electron chi connectivity index (χ2n) is 12.9. The number of aromatic nitrogens is 2. The van der Waals surface area contributed by atoms with Gasteiger partial charge in [-0.2, -0.15) is 5.10 Å². The number of hydrogen-bond donors (Lipinski definition) is 1. The summed E-state index contributed by atoms with van der Waals surface area (Å²) in [6.45, 7) is 2.38. The molecule has 5 aliphatic rings. The highest BCUT2D eigenvalue weighted by atomic mass is 35.5. The van der Waals surface area contributed by atoms with Crippen molar-refractivity contribution in [1.29, 1.82) is 0 Å². The highest BCUT2D eigenvalue weighted by Gasteiger charge is 2.55. The van der Waals surface area contributed by atoms with Gasteiger partial charge in [-0.05, 0) is 80.1 Å². The molecule has 1 N–H and O–H groups in total. The lowest BCUT2D eigenvalue weighted by molar-refractivity contribution is -0.151. The molecule has 5 fully saturated rings. The van der Waals surface area contributed by atoms with Crippen LogP contribution in [-0.4, -0.2) is 63.9 Å². The standard InChI is InChI=1S/C31H41ClN4O4/c1-34(18-20-8-10-36(11-9-20)30(38)40-19-21-6-4-3-5-7-21)29-27(32)28(33-35(29)2)26(37)14-25-23-12-22-13-24(25)17-31(39,15-22)16-23/h3-7,20,22-25,39H,8-19H2,1-2H3. The normalized spacial score (nSPS) is 29.6. The first-order chi connectivity index (χ1) is 19.2. The van der Waals surface area contributed by atoms with Crippen LogP contribution in [0.4, 0.5) is 10.6 Å². The number of piperidine rings is 1. The Morgan fingerprint density at radius 2 is 1.80 bits per heavy atom. The number of rotatable bonds is 8. The third-order valence-corrected chi connectivity index (χ3v) is 10.4. The largest absolute Gasteiger partial charge is 0.445 e. The number of anilines is 1. The van der Waals surface area contributed by atoms with Gasteiger partial charge < -0.3 is 19.6 Å². The van der Waals surface area contributed by atoms with E-state index in [0.29, 0.717) is 59.8 Å². The van der Waals surface area contributed by atoms with E-state index < -0.39 is 5.60 Å². The number of benzene rings is 1. The Morgan fingerprint density at radius 3 is 2.45 bits per heavy atom. The van der Waals surface area contributed by atoms with Crippen LogP contribution in [0.2, 0.25) is 5.02 Å². The summed E-state index contributed by atoms with van der Waals surface area (Å²) in [7, 11) is 3.84. The van der Waals surface area contributed by atoms with Crippen molar-refractivity contribution in [3.63, 3.8) is 0 Å². The fourth-order valence-electron chi connectivity index (χ4n) is 8.40. The minimum absolute atomic E-state index is 0.0204. The van der Waals surface area contributed by atoms with Crippen LogP contribution in [0.15, 0.2) is 30.3 Å². The minimum atomic E-state index is -0.493. The van der Waals surface area contributed by atoms with Crippen molar-refractivity contribution in [2.75, 3.05) is 31.6 Å². The molecule has 2 heterocycles. The van der Waals surface area contributed by atoms with Gasteiger partial charge in [0, 0.05) is 40.2 Å². The van der Waals surface area contributed by atoms with E-state index in [1.54, 1.807) is 9.58 Å². The maximum absolute atomic E-state index is 13.5. The fraction of sp³-hybridized carbons (Fsp3) is 0.645. The van der Waals surface area contributed by atoms with Crippen LogP contribution < -0.4 is 4.90 Å². The van der Waals surface area contributed by atoms with E-state index in [9.17, 15) is 14.7 Å². The summed E-state index contributed by atoms with van der Waals surface area (Å²) in [6, 6.07) is 9.72. The number of hydrogen-bond acceptors (Lipinski definition) is 6. The van der Waals surface area contributed by atoms with E-state index in [4.69, 9.17) is 16.3 Å². The zero-order chi connectivity index (χ0) is 28.0. The summed E-state index contributed by atoms with van der Waals surface area (Å²) in [6.07, 6.45) is 6.87. The zero-order valence-corrected chi connectivity index (χ0v) is 24.4. The van der Waals surface area contributed by atoms with Crippen molar-refractivity contribution in [3.8, 4) is 0 Å². The summed E-state index contributed by atoms with van der Waals surface area (Å²) in [5.41, 5.74) is 0.858. The molecular weight excluding hydrogens is 528 g/mol. The molecule has 1 aromatic heterocycles. The number of aliphatic hydroxyl groups is 1. The highest BCUT2D eigenvalue weighted by Crippen LogP contribution is 2.59. The van der Waals surface area contributed by atoms with Crippen molar-refractivity contribution >= 4 is 29.3 Å². The van der Waals surface area contributed by atoms with E-state index >= 15 is 0 Å². The van der Waals surface area contributed by atoms with Gasteiger partial charge in [0.15, 0.2) is 5.78 Å². The van der Waals surface area contributed by atoms with Gasteiger partial charge >= 0.3 is 6.09 Å². The second kappa shape index (κ2) is 11.0. The van der Waals surface area contributed by atoms with Gasteiger partial charge in [0.05, 0.1) is 5.60 Å². The lowest BCUT2D eigenvalue weighted by Crippen LogP contribution is -2.54. The quantitative estimate of drug-likeness (QED) is 0.434. The van der Waals surface area contributed by atoms with Crippen LogP contribution in [0.25, 0.3) is 0 Å². The molecule has 4 aliphatic carbocycles. The minimum Gasteiger partial charge on any atom is -0.445 e. The predicted molar refractivity (Wildman–Crippen MR) is 153 cm³/mol. The Morgan fingerprint density at radius 1 is 1.12 bits per heavy atom. The van der Waals surface area contributed by atoms with E-state index in [2.05, 4.69) is 10.00 Å². The van der Waals surface area contributed by atoms with Crippen LogP contribution in [0.1, 0.15) is 67.4 Å². The third-order valence-electron chi connectivity index (χ3n) is 10.1. The van der Waals surface area contributed by atoms with Crippen molar-refractivity contribution in [3.05, 3.63) is 46.6 Å². The molecule has 2 atom stereocenters. The van der Waals surface area contributed by atoms with Crippen molar-refractivity contribution in [2.45, 2.75) is 63.6 Å². The monoisotopic (exact) mass is 568 g/mol. The number of ether oxygens (including phenoxy) is 1. The molecule has 1 aromatic carbocycles. The number of likely N-dealkylation sites (tertiary alicyclic amines) is 1. The second-order valence-corrected chi connectivity index (χ2v) is 13.3. The lowest BCUT2D eigenvalue weighted by Gasteiger charge is -2.58. The Bertz CT molecular complexity index is 1230. The van der Waals surface area contributed by atoms with Crippen molar-refractivity contribution in [1.82, 2.24) is 14.7 Å². The molecule has 40 heavy (non-hydrogen) atoms. The molecule has 0 spiro atoms. The maximum Gasteiger partial charge on any atom is 0.410 e. The molecule has 9 heteroatoms. The number of ketones is 1. The smallest absolute Gasteiger partial charge is 0.410 e.